The van der Waals surface area contributed by atoms with Crippen LogP contribution in [-0.4, -0.2) is 30.2 Å². The van der Waals surface area contributed by atoms with Crippen LogP contribution in [0.2, 0.25) is 0 Å². The van der Waals surface area contributed by atoms with E-state index in [1.165, 1.54) is 0 Å². The SMILES string of the molecule is C[S+](C)(=O)CC(=O)c1ccc(Br)cc1.FC(F)(F)c1cc([B-](c2cc(C(F)(F)F)cc(C(F)(F)F)c2)(c2cc(C(F)(F)F)cc(C(F)(F)F)c2)c2cc(C(F)(F)F)cc(C(F)(F)F)c2)cc(C(F)(F)F)c1. The maximum atomic E-state index is 14.2. The molecule has 0 aliphatic carbocycles. The molecule has 5 aromatic rings. The predicted octanol–water partition coefficient (Wildman–Crippen LogP) is 13.6. The number of alkyl halides is 24. The van der Waals surface area contributed by atoms with Crippen LogP contribution in [0.5, 0.6) is 0 Å². The summed E-state index contributed by atoms with van der Waals surface area (Å²) in [5.41, 5.74) is -29.6. The lowest BCUT2D eigenvalue weighted by atomic mass is 9.12. The van der Waals surface area contributed by atoms with Crippen molar-refractivity contribution in [2.75, 3.05) is 18.3 Å². The summed E-state index contributed by atoms with van der Waals surface area (Å²) in [6, 6.07) is -1.73. The average molecular weight is 1140 g/mol. The van der Waals surface area contributed by atoms with Crippen LogP contribution < -0.4 is 21.9 Å². The largest absolute Gasteiger partial charge is 0.416 e. The minimum absolute atomic E-state index is 0.0625. The fourth-order valence-electron chi connectivity index (χ4n) is 7.11. The van der Waals surface area contributed by atoms with E-state index in [0.29, 0.717) is 5.56 Å². The molecule has 0 spiro atoms. The van der Waals surface area contributed by atoms with E-state index in [4.69, 9.17) is 0 Å². The Morgan fingerprint density at radius 1 is 0.380 bits per heavy atom. The van der Waals surface area contributed by atoms with Gasteiger partial charge in [0, 0.05) is 10.0 Å². The van der Waals surface area contributed by atoms with Crippen molar-refractivity contribution in [3.05, 3.63) is 152 Å². The molecule has 0 aliphatic rings. The van der Waals surface area contributed by atoms with Gasteiger partial charge < -0.3 is 0 Å². The maximum Gasteiger partial charge on any atom is 0.416 e. The number of ketones is 1. The minimum atomic E-state index is -6.13. The third-order valence-corrected chi connectivity index (χ3v) is 11.6. The zero-order valence-electron chi connectivity index (χ0n) is 34.7. The highest BCUT2D eigenvalue weighted by Gasteiger charge is 2.47. The van der Waals surface area contributed by atoms with Gasteiger partial charge in [0.2, 0.25) is 5.78 Å². The van der Waals surface area contributed by atoms with E-state index in [2.05, 4.69) is 15.9 Å². The van der Waals surface area contributed by atoms with Gasteiger partial charge in [0.05, 0.1) is 54.4 Å². The molecule has 0 radical (unpaired) electrons. The van der Waals surface area contributed by atoms with Gasteiger partial charge in [0.25, 0.3) is 0 Å². The fourth-order valence-corrected chi connectivity index (χ4v) is 8.17. The summed E-state index contributed by atoms with van der Waals surface area (Å²) in [6.45, 7) is 0. The van der Waals surface area contributed by atoms with Gasteiger partial charge in [-0.25, -0.2) is 0 Å². The molecule has 0 heterocycles. The molecule has 0 unspecified atom stereocenters. The number of carbonyl (C=O) groups excluding carboxylic acids is 1. The second kappa shape index (κ2) is 19.3. The molecule has 0 saturated carbocycles. The predicted molar refractivity (Wildman–Crippen MR) is 213 cm³/mol. The average Bonchev–Trinajstić information content (AvgIpc) is 3.18. The van der Waals surface area contributed by atoms with Gasteiger partial charge in [-0.1, -0.05) is 76.6 Å². The second-order valence-corrected chi connectivity index (χ2v) is 19.8. The molecule has 2 nitrogen and oxygen atoms in total. The quantitative estimate of drug-likeness (QED) is 0.0704. The van der Waals surface area contributed by atoms with Crippen molar-refractivity contribution >= 4 is 59.6 Å². The van der Waals surface area contributed by atoms with E-state index >= 15 is 0 Å². The minimum Gasteiger partial charge on any atom is -0.289 e. The van der Waals surface area contributed by atoms with Crippen LogP contribution in [0.25, 0.3) is 0 Å². The lowest BCUT2D eigenvalue weighted by molar-refractivity contribution is -0.144. The lowest BCUT2D eigenvalue weighted by Crippen LogP contribution is -2.75. The van der Waals surface area contributed by atoms with Crippen molar-refractivity contribution in [3.8, 4) is 0 Å². The number of hydrogen-bond acceptors (Lipinski definition) is 2. The molecule has 5 rings (SSSR count). The van der Waals surface area contributed by atoms with E-state index in [1.54, 1.807) is 36.8 Å². The normalized spacial score (nSPS) is 13.7. The topological polar surface area (TPSA) is 34.1 Å². The third kappa shape index (κ3) is 14.3. The van der Waals surface area contributed by atoms with Crippen molar-refractivity contribution in [3.63, 3.8) is 0 Å². The number of hydrogen-bond donors (Lipinski definition) is 0. The van der Waals surface area contributed by atoms with Crippen LogP contribution in [0.3, 0.4) is 0 Å². The van der Waals surface area contributed by atoms with Crippen molar-refractivity contribution in [2.45, 2.75) is 49.4 Å². The number of carbonyl (C=O) groups is 1. The van der Waals surface area contributed by atoms with Crippen LogP contribution in [0.15, 0.2) is 102 Å². The molecule has 0 atom stereocenters. The summed E-state index contributed by atoms with van der Waals surface area (Å²) in [6.07, 6.45) is -51.6. The van der Waals surface area contributed by atoms with Crippen LogP contribution in [0.4, 0.5) is 105 Å². The highest BCUT2D eigenvalue weighted by Crippen LogP contribution is 2.41. The molecule has 388 valence electrons. The smallest absolute Gasteiger partial charge is 0.289 e. The maximum absolute atomic E-state index is 14.2. The summed E-state index contributed by atoms with van der Waals surface area (Å²) in [7, 11) is -1.99. The van der Waals surface area contributed by atoms with Gasteiger partial charge in [0.15, 0.2) is 5.75 Å². The number of Topliss-reactive ketones (excluding diaryl/α,β-unsaturated/α-hetero) is 1. The molecular weight excluding hydrogens is 1120 g/mol. The first-order chi connectivity index (χ1) is 31.6. The number of halogens is 25. The Balaban J connectivity index is 0.000000671. The standard InChI is InChI=1S/C32H12BF24.C10H12BrO2S/c34-25(35,36)13-1-14(26(37,38)39)6-21(5-13)33(22-7-15(27(40,41)42)2-16(8-22)28(43,44)45,23-9-17(29(46,47)48)3-18(10-23)30(49,50)51)24-11-19(31(52,53)54)4-20(12-24)32(55,56)57;1-14(2,13)7-10(12)8-3-5-9(11)6-4-8/h1-12H;3-6H,7H2,1-2H3/q-1;+1. The van der Waals surface area contributed by atoms with E-state index in [0.717, 1.165) is 4.47 Å². The Hall–Kier alpha value is -5.22. The summed E-state index contributed by atoms with van der Waals surface area (Å²) >= 11 is 3.29. The van der Waals surface area contributed by atoms with E-state index in [-0.39, 0.29) is 11.5 Å². The summed E-state index contributed by atoms with van der Waals surface area (Å²) in [4.78, 5) is 11.6. The summed E-state index contributed by atoms with van der Waals surface area (Å²) < 4.78 is 353. The molecule has 0 aliphatic heterocycles. The van der Waals surface area contributed by atoms with E-state index in [9.17, 15) is 114 Å². The van der Waals surface area contributed by atoms with E-state index < -0.39 is 205 Å². The van der Waals surface area contributed by atoms with Gasteiger partial charge in [0.1, 0.15) is 18.7 Å². The second-order valence-electron chi connectivity index (χ2n) is 15.7. The van der Waals surface area contributed by atoms with Crippen molar-refractivity contribution in [2.24, 2.45) is 0 Å². The molecular formula is C42H24BBrF24O2S. The zero-order chi connectivity index (χ0) is 54.7. The Kier molecular flexibility index (Phi) is 15.9. The van der Waals surface area contributed by atoms with Gasteiger partial charge in [-0.3, -0.25) is 4.79 Å². The zero-order valence-corrected chi connectivity index (χ0v) is 37.1. The van der Waals surface area contributed by atoms with Crippen molar-refractivity contribution in [1.29, 1.82) is 0 Å². The molecule has 0 N–H and O–H groups in total. The monoisotopic (exact) mass is 1140 g/mol. The summed E-state index contributed by atoms with van der Waals surface area (Å²) in [5.74, 6) is 0.0572. The molecule has 29 heteroatoms. The van der Waals surface area contributed by atoms with Crippen LogP contribution in [0.1, 0.15) is 54.9 Å². The summed E-state index contributed by atoms with van der Waals surface area (Å²) in [5, 5.41) is 0. The Bertz CT molecular complexity index is 2370. The van der Waals surface area contributed by atoms with Crippen molar-refractivity contribution in [1.82, 2.24) is 0 Å². The fraction of sp³-hybridized carbons (Fsp3) is 0.262. The molecule has 5 aromatic carbocycles. The first-order valence-electron chi connectivity index (χ1n) is 18.7. The molecule has 71 heavy (non-hydrogen) atoms. The molecule has 0 bridgehead atoms. The van der Waals surface area contributed by atoms with Gasteiger partial charge in [-0.05, 0) is 36.4 Å². The molecule has 0 fully saturated rings. The highest BCUT2D eigenvalue weighted by molar-refractivity contribution is 9.10. The molecule has 0 saturated heterocycles. The first kappa shape index (κ1) is 58.4. The Morgan fingerprint density at radius 3 is 0.718 bits per heavy atom. The Labute approximate surface area is 392 Å². The van der Waals surface area contributed by atoms with E-state index in [1.807, 2.05) is 0 Å². The van der Waals surface area contributed by atoms with Gasteiger partial charge in [-0.2, -0.15) is 127 Å². The van der Waals surface area contributed by atoms with Gasteiger partial charge >= 0.3 is 49.4 Å². The lowest BCUT2D eigenvalue weighted by Gasteiger charge is -2.46. The van der Waals surface area contributed by atoms with Crippen LogP contribution >= 0.6 is 15.9 Å². The van der Waals surface area contributed by atoms with Crippen molar-refractivity contribution < 1.29 is 114 Å². The van der Waals surface area contributed by atoms with Crippen LogP contribution in [-0.2, 0) is 63.6 Å². The number of benzene rings is 5. The Morgan fingerprint density at radius 2 is 0.563 bits per heavy atom. The highest BCUT2D eigenvalue weighted by atomic mass is 79.9. The van der Waals surface area contributed by atoms with Crippen LogP contribution in [0, 0.1) is 0 Å². The molecule has 0 aromatic heterocycles. The first-order valence-corrected chi connectivity index (χ1v) is 22.0. The molecule has 0 amide bonds. The number of rotatable bonds is 7. The third-order valence-electron chi connectivity index (χ3n) is 10.1. The van der Waals surface area contributed by atoms with Gasteiger partial charge in [-0.15, -0.1) is 4.21 Å².